The first-order valence-corrected chi connectivity index (χ1v) is 7.31. The molecule has 2 unspecified atom stereocenters. The van der Waals surface area contributed by atoms with Crippen LogP contribution >= 0.6 is 0 Å². The molecule has 2 fully saturated rings. The van der Waals surface area contributed by atoms with Gasteiger partial charge in [-0.25, -0.2) is 0 Å². The van der Waals surface area contributed by atoms with Crippen molar-refractivity contribution in [1.29, 1.82) is 0 Å². The van der Waals surface area contributed by atoms with Crippen molar-refractivity contribution in [2.24, 2.45) is 11.8 Å². The summed E-state index contributed by atoms with van der Waals surface area (Å²) in [6.07, 6.45) is 8.55. The molecule has 2 atom stereocenters. The van der Waals surface area contributed by atoms with Gasteiger partial charge < -0.3 is 10.2 Å². The molecule has 1 N–H and O–H groups in total. The summed E-state index contributed by atoms with van der Waals surface area (Å²) in [6.45, 7) is 8.95. The minimum Gasteiger partial charge on any atom is -0.316 e. The van der Waals surface area contributed by atoms with Gasteiger partial charge in [0.15, 0.2) is 0 Å². The van der Waals surface area contributed by atoms with Crippen molar-refractivity contribution in [3.05, 3.63) is 0 Å². The monoisotopic (exact) mass is 224 g/mol. The van der Waals surface area contributed by atoms with Crippen molar-refractivity contribution in [3.8, 4) is 0 Å². The number of nitrogens with one attached hydrogen (secondary N) is 1. The van der Waals surface area contributed by atoms with Crippen molar-refractivity contribution in [1.82, 2.24) is 10.2 Å². The van der Waals surface area contributed by atoms with Crippen LogP contribution in [0.25, 0.3) is 0 Å². The maximum absolute atomic E-state index is 3.52. The van der Waals surface area contributed by atoms with Crippen molar-refractivity contribution < 1.29 is 0 Å². The third kappa shape index (κ3) is 3.74. The smallest absolute Gasteiger partial charge is 0.00100 e. The Hall–Kier alpha value is -0.0800. The Balaban J connectivity index is 1.54. The molecule has 2 nitrogen and oxygen atoms in total. The van der Waals surface area contributed by atoms with Crippen LogP contribution in [0.15, 0.2) is 0 Å². The molecule has 0 amide bonds. The number of nitrogens with zero attached hydrogens (tertiary/aromatic N) is 1. The van der Waals surface area contributed by atoms with Crippen LogP contribution in [0.1, 0.15) is 45.4 Å². The lowest BCUT2D eigenvalue weighted by atomic mass is 9.95. The number of rotatable bonds is 5. The fraction of sp³-hybridized carbons (Fsp3) is 1.00. The third-order valence-corrected chi connectivity index (χ3v) is 4.43. The molecule has 2 aliphatic heterocycles. The molecule has 0 spiro atoms. The van der Waals surface area contributed by atoms with E-state index in [1.165, 1.54) is 71.2 Å². The van der Waals surface area contributed by atoms with E-state index in [0.717, 1.165) is 11.8 Å². The first kappa shape index (κ1) is 12.4. The second kappa shape index (κ2) is 6.61. The summed E-state index contributed by atoms with van der Waals surface area (Å²) in [5, 5.41) is 3.52. The third-order valence-electron chi connectivity index (χ3n) is 4.43. The van der Waals surface area contributed by atoms with Crippen LogP contribution in [-0.2, 0) is 0 Å². The van der Waals surface area contributed by atoms with Gasteiger partial charge in [0.2, 0.25) is 0 Å². The van der Waals surface area contributed by atoms with Gasteiger partial charge in [0, 0.05) is 6.54 Å². The summed E-state index contributed by atoms with van der Waals surface area (Å²) in [4.78, 5) is 2.68. The Morgan fingerprint density at radius 3 is 2.88 bits per heavy atom. The van der Waals surface area contributed by atoms with Gasteiger partial charge in [-0.15, -0.1) is 0 Å². The standard InChI is InChI=1S/C14H28N2/c1-2-13-7-10-16(12-13)9-4-6-14-5-3-8-15-11-14/h13-15H,2-12H2,1H3. The van der Waals surface area contributed by atoms with Gasteiger partial charge in [0.25, 0.3) is 0 Å². The van der Waals surface area contributed by atoms with Crippen molar-refractivity contribution >= 4 is 0 Å². The highest BCUT2D eigenvalue weighted by Crippen LogP contribution is 2.21. The van der Waals surface area contributed by atoms with E-state index in [1.54, 1.807) is 0 Å². The molecule has 2 rings (SSSR count). The predicted molar refractivity (Wildman–Crippen MR) is 69.7 cm³/mol. The van der Waals surface area contributed by atoms with E-state index in [1.807, 2.05) is 0 Å². The molecule has 94 valence electrons. The Morgan fingerprint density at radius 2 is 2.19 bits per heavy atom. The van der Waals surface area contributed by atoms with E-state index in [2.05, 4.69) is 17.1 Å². The van der Waals surface area contributed by atoms with Crippen LogP contribution in [0, 0.1) is 11.8 Å². The number of hydrogen-bond acceptors (Lipinski definition) is 2. The van der Waals surface area contributed by atoms with Gasteiger partial charge >= 0.3 is 0 Å². The minimum absolute atomic E-state index is 0.971. The van der Waals surface area contributed by atoms with Crippen LogP contribution in [0.3, 0.4) is 0 Å². The molecule has 0 aromatic heterocycles. The summed E-state index contributed by atoms with van der Waals surface area (Å²) < 4.78 is 0. The fourth-order valence-electron chi connectivity index (χ4n) is 3.22. The van der Waals surface area contributed by atoms with E-state index in [0.29, 0.717) is 0 Å². The van der Waals surface area contributed by atoms with Crippen molar-refractivity contribution in [2.45, 2.75) is 45.4 Å². The minimum atomic E-state index is 0.971. The van der Waals surface area contributed by atoms with Crippen LogP contribution < -0.4 is 5.32 Å². The summed E-state index contributed by atoms with van der Waals surface area (Å²) in [5.41, 5.74) is 0. The van der Waals surface area contributed by atoms with Crippen LogP contribution in [-0.4, -0.2) is 37.6 Å². The fourth-order valence-corrected chi connectivity index (χ4v) is 3.22. The quantitative estimate of drug-likeness (QED) is 0.772. The maximum Gasteiger partial charge on any atom is 0.00100 e. The molecular weight excluding hydrogens is 196 g/mol. The summed E-state index contributed by atoms with van der Waals surface area (Å²) in [6, 6.07) is 0. The second-order valence-corrected chi connectivity index (χ2v) is 5.72. The first-order valence-electron chi connectivity index (χ1n) is 7.31. The van der Waals surface area contributed by atoms with Crippen LogP contribution in [0.5, 0.6) is 0 Å². The number of hydrogen-bond donors (Lipinski definition) is 1. The van der Waals surface area contributed by atoms with Gasteiger partial charge in [-0.3, -0.25) is 0 Å². The molecule has 2 aliphatic rings. The molecule has 0 saturated carbocycles. The van der Waals surface area contributed by atoms with Gasteiger partial charge in [0.05, 0.1) is 0 Å². The highest BCUT2D eigenvalue weighted by Gasteiger charge is 2.20. The first-order chi connectivity index (χ1) is 7.88. The molecule has 0 bridgehead atoms. The summed E-state index contributed by atoms with van der Waals surface area (Å²) >= 11 is 0. The zero-order chi connectivity index (χ0) is 11.2. The Kier molecular flexibility index (Phi) is 5.11. The van der Waals surface area contributed by atoms with Gasteiger partial charge in [-0.1, -0.05) is 13.3 Å². The molecule has 0 aromatic carbocycles. The zero-order valence-corrected chi connectivity index (χ0v) is 10.9. The summed E-state index contributed by atoms with van der Waals surface area (Å²) in [7, 11) is 0. The highest BCUT2D eigenvalue weighted by atomic mass is 15.1. The average Bonchev–Trinajstić information content (AvgIpc) is 2.78. The lowest BCUT2D eigenvalue weighted by molar-refractivity contribution is 0.286. The van der Waals surface area contributed by atoms with Gasteiger partial charge in [-0.2, -0.15) is 0 Å². The van der Waals surface area contributed by atoms with Gasteiger partial charge in [-0.05, 0) is 70.1 Å². The van der Waals surface area contributed by atoms with Gasteiger partial charge in [0.1, 0.15) is 0 Å². The van der Waals surface area contributed by atoms with E-state index in [4.69, 9.17) is 0 Å². The lowest BCUT2D eigenvalue weighted by Crippen LogP contribution is -2.30. The van der Waals surface area contributed by atoms with E-state index < -0.39 is 0 Å². The highest BCUT2D eigenvalue weighted by molar-refractivity contribution is 4.75. The zero-order valence-electron chi connectivity index (χ0n) is 10.9. The Bertz CT molecular complexity index is 187. The molecule has 2 heterocycles. The van der Waals surface area contributed by atoms with Crippen molar-refractivity contribution in [3.63, 3.8) is 0 Å². The van der Waals surface area contributed by atoms with E-state index in [-0.39, 0.29) is 0 Å². The van der Waals surface area contributed by atoms with E-state index >= 15 is 0 Å². The molecule has 2 saturated heterocycles. The van der Waals surface area contributed by atoms with E-state index in [9.17, 15) is 0 Å². The normalized spacial score (nSPS) is 32.1. The molecule has 0 radical (unpaired) electrons. The van der Waals surface area contributed by atoms with Crippen LogP contribution in [0.2, 0.25) is 0 Å². The Morgan fingerprint density at radius 1 is 1.25 bits per heavy atom. The molecule has 2 heteroatoms. The Labute approximate surface area is 101 Å². The van der Waals surface area contributed by atoms with Crippen LogP contribution in [0.4, 0.5) is 0 Å². The largest absolute Gasteiger partial charge is 0.316 e. The van der Waals surface area contributed by atoms with Crippen molar-refractivity contribution in [2.75, 3.05) is 32.7 Å². The SMILES string of the molecule is CCC1CCN(CCCC2CCCNC2)C1. The second-order valence-electron chi connectivity index (χ2n) is 5.72. The topological polar surface area (TPSA) is 15.3 Å². The number of likely N-dealkylation sites (tertiary alicyclic amines) is 1. The molecular formula is C14H28N2. The number of piperidine rings is 1. The molecule has 16 heavy (non-hydrogen) atoms. The maximum atomic E-state index is 3.52. The predicted octanol–water partition coefficient (Wildman–Crippen LogP) is 2.50. The molecule has 0 aliphatic carbocycles. The molecule has 0 aromatic rings. The summed E-state index contributed by atoms with van der Waals surface area (Å²) in [5.74, 6) is 1.97. The average molecular weight is 224 g/mol. The lowest BCUT2D eigenvalue weighted by Gasteiger charge is -2.23.